The van der Waals surface area contributed by atoms with Gasteiger partial charge in [0.25, 0.3) is 0 Å². The number of carboxylic acid groups (broad SMARTS) is 1. The van der Waals surface area contributed by atoms with Gasteiger partial charge in [-0.15, -0.1) is 0 Å². The number of hydrogen-bond donors (Lipinski definition) is 1. The standard InChI is InChI=1S/C17H26N2O2/c1-4-6-10-19(12(3)5-2)16-14(17(20)21)11-13-8-7-9-15(13)18-16/h11-12H,4-10H2,1-3H3,(H,20,21). The Morgan fingerprint density at radius 3 is 2.81 bits per heavy atom. The van der Waals surface area contributed by atoms with Crippen LogP contribution in [0.15, 0.2) is 6.07 Å². The van der Waals surface area contributed by atoms with Gasteiger partial charge in [0.1, 0.15) is 11.4 Å². The molecule has 1 N–H and O–H groups in total. The molecule has 2 rings (SSSR count). The summed E-state index contributed by atoms with van der Waals surface area (Å²) in [4.78, 5) is 18.6. The molecule has 0 saturated heterocycles. The molecule has 0 aromatic carbocycles. The molecule has 1 aliphatic carbocycles. The molecule has 4 nitrogen and oxygen atoms in total. The van der Waals surface area contributed by atoms with Crippen LogP contribution in [0, 0.1) is 0 Å². The van der Waals surface area contributed by atoms with Crippen molar-refractivity contribution in [2.24, 2.45) is 0 Å². The van der Waals surface area contributed by atoms with Crippen LogP contribution in [0.5, 0.6) is 0 Å². The van der Waals surface area contributed by atoms with Gasteiger partial charge in [0.05, 0.1) is 0 Å². The van der Waals surface area contributed by atoms with Crippen LogP contribution in [0.4, 0.5) is 5.82 Å². The number of carbonyl (C=O) groups is 1. The van der Waals surface area contributed by atoms with Crippen molar-refractivity contribution in [3.63, 3.8) is 0 Å². The summed E-state index contributed by atoms with van der Waals surface area (Å²) in [5.41, 5.74) is 2.59. The average Bonchev–Trinajstić information content (AvgIpc) is 2.93. The normalized spacial score (nSPS) is 14.8. The van der Waals surface area contributed by atoms with Crippen LogP contribution in [0.1, 0.15) is 68.1 Å². The van der Waals surface area contributed by atoms with Crippen LogP contribution in [0.2, 0.25) is 0 Å². The van der Waals surface area contributed by atoms with Crippen LogP contribution in [-0.4, -0.2) is 28.6 Å². The maximum Gasteiger partial charge on any atom is 0.339 e. The van der Waals surface area contributed by atoms with Crippen LogP contribution in [0.25, 0.3) is 0 Å². The number of unbranched alkanes of at least 4 members (excludes halogenated alkanes) is 1. The number of fused-ring (bicyclic) bond motifs is 1. The van der Waals surface area contributed by atoms with Crippen LogP contribution >= 0.6 is 0 Å². The first-order valence-corrected chi connectivity index (χ1v) is 8.11. The number of aromatic carboxylic acids is 1. The third-order valence-electron chi connectivity index (χ3n) is 4.41. The average molecular weight is 290 g/mol. The van der Waals surface area contributed by atoms with E-state index in [1.165, 1.54) is 0 Å². The van der Waals surface area contributed by atoms with Crippen molar-refractivity contribution in [3.8, 4) is 0 Å². The van der Waals surface area contributed by atoms with Gasteiger partial charge in [0.15, 0.2) is 0 Å². The van der Waals surface area contributed by atoms with Gasteiger partial charge in [-0.1, -0.05) is 20.3 Å². The summed E-state index contributed by atoms with van der Waals surface area (Å²) in [5.74, 6) is -0.192. The smallest absolute Gasteiger partial charge is 0.339 e. The van der Waals surface area contributed by atoms with Crippen molar-refractivity contribution in [3.05, 3.63) is 22.9 Å². The molecule has 1 aromatic rings. The zero-order valence-electron chi connectivity index (χ0n) is 13.4. The topological polar surface area (TPSA) is 53.4 Å². The van der Waals surface area contributed by atoms with Gasteiger partial charge in [0.2, 0.25) is 0 Å². The number of carboxylic acids is 1. The highest BCUT2D eigenvalue weighted by Crippen LogP contribution is 2.29. The Hall–Kier alpha value is -1.58. The lowest BCUT2D eigenvalue weighted by Crippen LogP contribution is -2.35. The molecule has 0 fully saturated rings. The summed E-state index contributed by atoms with van der Waals surface area (Å²) in [6.45, 7) is 7.31. The summed E-state index contributed by atoms with van der Waals surface area (Å²) in [6, 6.07) is 2.16. The van der Waals surface area contributed by atoms with Gasteiger partial charge >= 0.3 is 5.97 Å². The Balaban J connectivity index is 2.44. The highest BCUT2D eigenvalue weighted by molar-refractivity contribution is 5.93. The van der Waals surface area contributed by atoms with E-state index in [9.17, 15) is 9.90 Å². The molecule has 0 aliphatic heterocycles. The van der Waals surface area contributed by atoms with Gasteiger partial charge in [-0.25, -0.2) is 9.78 Å². The van der Waals surface area contributed by atoms with Crippen molar-refractivity contribution in [1.82, 2.24) is 4.98 Å². The second kappa shape index (κ2) is 6.92. The first kappa shape index (κ1) is 15.8. The lowest BCUT2D eigenvalue weighted by molar-refractivity contribution is 0.0697. The van der Waals surface area contributed by atoms with E-state index in [4.69, 9.17) is 4.98 Å². The molecule has 116 valence electrons. The predicted octanol–water partition coefficient (Wildman–Crippen LogP) is 3.67. The van der Waals surface area contributed by atoms with E-state index in [2.05, 4.69) is 25.7 Å². The van der Waals surface area contributed by atoms with E-state index in [0.717, 1.165) is 56.3 Å². The third-order valence-corrected chi connectivity index (χ3v) is 4.41. The minimum atomic E-state index is -0.864. The largest absolute Gasteiger partial charge is 0.478 e. The number of aromatic nitrogens is 1. The van der Waals surface area contributed by atoms with E-state index in [-0.39, 0.29) is 0 Å². The zero-order chi connectivity index (χ0) is 15.4. The van der Waals surface area contributed by atoms with E-state index >= 15 is 0 Å². The van der Waals surface area contributed by atoms with Gasteiger partial charge in [-0.05, 0) is 50.7 Å². The van der Waals surface area contributed by atoms with Gasteiger partial charge in [-0.3, -0.25) is 0 Å². The number of aryl methyl sites for hydroxylation is 2. The molecule has 1 atom stereocenters. The second-order valence-electron chi connectivity index (χ2n) is 5.93. The molecule has 21 heavy (non-hydrogen) atoms. The molecule has 0 amide bonds. The van der Waals surface area contributed by atoms with Crippen molar-refractivity contribution in [2.45, 2.75) is 65.3 Å². The Labute approximate surface area is 127 Å². The molecule has 0 bridgehead atoms. The monoisotopic (exact) mass is 290 g/mol. The van der Waals surface area contributed by atoms with E-state index in [1.54, 1.807) is 0 Å². The van der Waals surface area contributed by atoms with Crippen LogP contribution < -0.4 is 4.90 Å². The lowest BCUT2D eigenvalue weighted by atomic mass is 10.1. The Morgan fingerprint density at radius 1 is 1.43 bits per heavy atom. The number of nitrogens with zero attached hydrogens (tertiary/aromatic N) is 2. The first-order valence-electron chi connectivity index (χ1n) is 8.11. The van der Waals surface area contributed by atoms with Gasteiger partial charge < -0.3 is 10.0 Å². The zero-order valence-corrected chi connectivity index (χ0v) is 13.4. The number of hydrogen-bond acceptors (Lipinski definition) is 3. The maximum absolute atomic E-state index is 11.6. The summed E-state index contributed by atoms with van der Waals surface area (Å²) in [5, 5.41) is 9.56. The second-order valence-corrected chi connectivity index (χ2v) is 5.93. The summed E-state index contributed by atoms with van der Waals surface area (Å²) >= 11 is 0. The fourth-order valence-electron chi connectivity index (χ4n) is 2.92. The molecule has 0 radical (unpaired) electrons. The number of pyridine rings is 1. The Morgan fingerprint density at radius 2 is 2.19 bits per heavy atom. The van der Waals surface area contributed by atoms with E-state index < -0.39 is 5.97 Å². The molecule has 0 saturated carbocycles. The Bertz CT molecular complexity index is 514. The van der Waals surface area contributed by atoms with Crippen molar-refractivity contribution in [1.29, 1.82) is 0 Å². The fourth-order valence-corrected chi connectivity index (χ4v) is 2.92. The van der Waals surface area contributed by atoms with Gasteiger partial charge in [0, 0.05) is 18.3 Å². The minimum Gasteiger partial charge on any atom is -0.478 e. The number of rotatable bonds is 7. The van der Waals surface area contributed by atoms with Crippen LogP contribution in [-0.2, 0) is 12.8 Å². The first-order chi connectivity index (χ1) is 10.1. The summed E-state index contributed by atoms with van der Waals surface area (Å²) in [6.07, 6.45) is 6.17. The molecule has 1 unspecified atom stereocenters. The third kappa shape index (κ3) is 3.36. The SMILES string of the molecule is CCCCN(c1nc2c(cc1C(=O)O)CCC2)C(C)CC. The van der Waals surface area contributed by atoms with Crippen molar-refractivity contribution < 1.29 is 9.90 Å². The van der Waals surface area contributed by atoms with E-state index in [1.807, 2.05) is 6.07 Å². The Kier molecular flexibility index (Phi) is 5.21. The predicted molar refractivity (Wildman–Crippen MR) is 85.2 cm³/mol. The highest BCUT2D eigenvalue weighted by Gasteiger charge is 2.25. The molecular formula is C17H26N2O2. The van der Waals surface area contributed by atoms with Crippen molar-refractivity contribution in [2.75, 3.05) is 11.4 Å². The molecule has 4 heteroatoms. The summed E-state index contributed by atoms with van der Waals surface area (Å²) < 4.78 is 0. The quantitative estimate of drug-likeness (QED) is 0.832. The number of anilines is 1. The maximum atomic E-state index is 11.6. The van der Waals surface area contributed by atoms with Crippen molar-refractivity contribution >= 4 is 11.8 Å². The highest BCUT2D eigenvalue weighted by atomic mass is 16.4. The minimum absolute atomic E-state index is 0.307. The molecule has 0 spiro atoms. The molecular weight excluding hydrogens is 264 g/mol. The van der Waals surface area contributed by atoms with E-state index in [0.29, 0.717) is 17.4 Å². The molecule has 1 heterocycles. The summed E-state index contributed by atoms with van der Waals surface area (Å²) in [7, 11) is 0. The fraction of sp³-hybridized carbons (Fsp3) is 0.647. The van der Waals surface area contributed by atoms with Crippen LogP contribution in [0.3, 0.4) is 0 Å². The molecule has 1 aromatic heterocycles. The lowest BCUT2D eigenvalue weighted by Gasteiger charge is -2.31. The van der Waals surface area contributed by atoms with Gasteiger partial charge in [-0.2, -0.15) is 0 Å². The molecule has 1 aliphatic rings.